The second-order valence-corrected chi connectivity index (χ2v) is 6.09. The van der Waals surface area contributed by atoms with Gasteiger partial charge < -0.3 is 5.73 Å². The highest BCUT2D eigenvalue weighted by Gasteiger charge is 2.20. The van der Waals surface area contributed by atoms with E-state index >= 15 is 0 Å². The molecule has 0 fully saturated rings. The first-order valence-electron chi connectivity index (χ1n) is 5.93. The molecule has 2 rings (SSSR count). The van der Waals surface area contributed by atoms with Gasteiger partial charge in [-0.1, -0.05) is 6.07 Å². The summed E-state index contributed by atoms with van der Waals surface area (Å²) in [6.45, 7) is 1.57. The number of hydrogen-bond donors (Lipinski definition) is 2. The molecule has 0 spiro atoms. The molecule has 0 aromatic heterocycles. The summed E-state index contributed by atoms with van der Waals surface area (Å²) >= 11 is 0. The van der Waals surface area contributed by atoms with Crippen LogP contribution in [0.5, 0.6) is 0 Å². The highest BCUT2D eigenvalue weighted by atomic mass is 32.2. The van der Waals surface area contributed by atoms with E-state index in [1.807, 2.05) is 0 Å². The number of benzene rings is 2. The number of nitrogens with two attached hydrogens (primary N) is 1. The van der Waals surface area contributed by atoms with E-state index in [1.54, 1.807) is 19.1 Å². The SMILES string of the molecule is Cc1ccc([N+](=O)[O-])cc1S(=O)(=O)Nc1ccc(N)cc1. The van der Waals surface area contributed by atoms with Crippen molar-refractivity contribution < 1.29 is 13.3 Å². The summed E-state index contributed by atoms with van der Waals surface area (Å²) in [4.78, 5) is 10.00. The van der Waals surface area contributed by atoms with Crippen molar-refractivity contribution >= 4 is 27.1 Å². The Kier molecular flexibility index (Phi) is 3.81. The van der Waals surface area contributed by atoms with Crippen molar-refractivity contribution in [1.82, 2.24) is 0 Å². The van der Waals surface area contributed by atoms with Crippen LogP contribution in [-0.2, 0) is 10.0 Å². The predicted octanol–water partition coefficient (Wildman–Crippen LogP) is 2.29. The number of nitro groups is 1. The first kappa shape index (κ1) is 14.8. The van der Waals surface area contributed by atoms with Gasteiger partial charge in [-0.05, 0) is 36.8 Å². The number of hydrogen-bond acceptors (Lipinski definition) is 5. The lowest BCUT2D eigenvalue weighted by atomic mass is 10.2. The predicted molar refractivity (Wildman–Crippen MR) is 79.5 cm³/mol. The second kappa shape index (κ2) is 5.41. The summed E-state index contributed by atoms with van der Waals surface area (Å²) in [5.41, 5.74) is 6.50. The lowest BCUT2D eigenvalue weighted by Gasteiger charge is -2.10. The molecule has 0 aliphatic carbocycles. The van der Waals surface area contributed by atoms with Crippen LogP contribution < -0.4 is 10.5 Å². The number of aryl methyl sites for hydroxylation is 1. The van der Waals surface area contributed by atoms with E-state index in [1.165, 1.54) is 24.3 Å². The molecule has 0 bridgehead atoms. The second-order valence-electron chi connectivity index (χ2n) is 4.43. The van der Waals surface area contributed by atoms with E-state index in [-0.39, 0.29) is 10.6 Å². The van der Waals surface area contributed by atoms with Gasteiger partial charge in [-0.15, -0.1) is 0 Å². The molecule has 0 radical (unpaired) electrons. The Morgan fingerprint density at radius 2 is 1.76 bits per heavy atom. The van der Waals surface area contributed by atoms with Gasteiger partial charge in [0.2, 0.25) is 0 Å². The van der Waals surface area contributed by atoms with Crippen molar-refractivity contribution in [2.75, 3.05) is 10.5 Å². The molecule has 110 valence electrons. The summed E-state index contributed by atoms with van der Waals surface area (Å²) in [5.74, 6) is 0. The maximum Gasteiger partial charge on any atom is 0.270 e. The van der Waals surface area contributed by atoms with Crippen molar-refractivity contribution in [2.24, 2.45) is 0 Å². The van der Waals surface area contributed by atoms with Crippen molar-refractivity contribution in [3.8, 4) is 0 Å². The van der Waals surface area contributed by atoms with Gasteiger partial charge in [-0.25, -0.2) is 8.42 Å². The third-order valence-electron chi connectivity index (χ3n) is 2.83. The molecule has 0 heterocycles. The minimum Gasteiger partial charge on any atom is -0.399 e. The van der Waals surface area contributed by atoms with Crippen LogP contribution in [-0.4, -0.2) is 13.3 Å². The lowest BCUT2D eigenvalue weighted by molar-refractivity contribution is -0.385. The molecule has 21 heavy (non-hydrogen) atoms. The van der Waals surface area contributed by atoms with E-state index in [0.29, 0.717) is 16.9 Å². The molecule has 0 saturated heterocycles. The van der Waals surface area contributed by atoms with Crippen LogP contribution in [0.15, 0.2) is 47.4 Å². The highest BCUT2D eigenvalue weighted by Crippen LogP contribution is 2.24. The Balaban J connectivity index is 2.41. The molecule has 3 N–H and O–H groups in total. The molecule has 0 amide bonds. The Bertz CT molecular complexity index is 786. The van der Waals surface area contributed by atoms with Gasteiger partial charge in [-0.3, -0.25) is 14.8 Å². The highest BCUT2D eigenvalue weighted by molar-refractivity contribution is 7.92. The first-order valence-corrected chi connectivity index (χ1v) is 7.41. The molecular formula is C13H13N3O4S. The Morgan fingerprint density at radius 3 is 2.33 bits per heavy atom. The third kappa shape index (κ3) is 3.29. The molecule has 0 saturated carbocycles. The van der Waals surface area contributed by atoms with E-state index in [4.69, 9.17) is 5.73 Å². The summed E-state index contributed by atoms with van der Waals surface area (Å²) in [6, 6.07) is 9.83. The largest absolute Gasteiger partial charge is 0.399 e. The van der Waals surface area contributed by atoms with Crippen LogP contribution >= 0.6 is 0 Å². The molecule has 0 atom stereocenters. The smallest absolute Gasteiger partial charge is 0.270 e. The summed E-state index contributed by atoms with van der Waals surface area (Å²) in [7, 11) is -3.91. The maximum atomic E-state index is 12.3. The zero-order valence-corrected chi connectivity index (χ0v) is 11.9. The van der Waals surface area contributed by atoms with Gasteiger partial charge in [0.05, 0.1) is 9.82 Å². The molecule has 7 nitrogen and oxygen atoms in total. The minimum absolute atomic E-state index is 0.131. The fourth-order valence-electron chi connectivity index (χ4n) is 1.75. The topological polar surface area (TPSA) is 115 Å². The van der Waals surface area contributed by atoms with Crippen LogP contribution in [0.25, 0.3) is 0 Å². The fourth-order valence-corrected chi connectivity index (χ4v) is 3.08. The van der Waals surface area contributed by atoms with E-state index in [0.717, 1.165) is 6.07 Å². The van der Waals surface area contributed by atoms with E-state index < -0.39 is 14.9 Å². The summed E-state index contributed by atoms with van der Waals surface area (Å²) in [6.07, 6.45) is 0. The number of nitrogen functional groups attached to an aromatic ring is 1. The molecule has 8 heteroatoms. The van der Waals surface area contributed by atoms with Crippen molar-refractivity contribution in [3.05, 3.63) is 58.1 Å². The van der Waals surface area contributed by atoms with Gasteiger partial charge in [-0.2, -0.15) is 0 Å². The molecule has 2 aromatic rings. The Morgan fingerprint density at radius 1 is 1.14 bits per heavy atom. The molecule has 0 unspecified atom stereocenters. The standard InChI is InChI=1S/C13H13N3O4S/c1-9-2-7-12(16(17)18)8-13(9)21(19,20)15-11-5-3-10(14)4-6-11/h2-8,15H,14H2,1H3. The number of non-ortho nitro benzene ring substituents is 1. The zero-order chi connectivity index (χ0) is 15.6. The molecule has 0 aliphatic rings. The Labute approximate surface area is 121 Å². The number of anilines is 2. The number of sulfonamides is 1. The quantitative estimate of drug-likeness (QED) is 0.511. The van der Waals surface area contributed by atoms with Crippen LogP contribution in [0.2, 0.25) is 0 Å². The van der Waals surface area contributed by atoms with Crippen LogP contribution in [0, 0.1) is 17.0 Å². The number of rotatable bonds is 4. The van der Waals surface area contributed by atoms with Gasteiger partial charge in [0, 0.05) is 23.5 Å². The van der Waals surface area contributed by atoms with Gasteiger partial charge in [0.15, 0.2) is 0 Å². The van der Waals surface area contributed by atoms with E-state index in [2.05, 4.69) is 4.72 Å². The minimum atomic E-state index is -3.91. The van der Waals surface area contributed by atoms with Crippen LogP contribution in [0.1, 0.15) is 5.56 Å². The Hall–Kier alpha value is -2.61. The average Bonchev–Trinajstić information content (AvgIpc) is 2.41. The summed E-state index contributed by atoms with van der Waals surface area (Å²) in [5, 5.41) is 10.8. The third-order valence-corrected chi connectivity index (χ3v) is 4.36. The normalized spacial score (nSPS) is 11.1. The molecular weight excluding hydrogens is 294 g/mol. The van der Waals surface area contributed by atoms with Crippen LogP contribution in [0.3, 0.4) is 0 Å². The van der Waals surface area contributed by atoms with Gasteiger partial charge in [0.1, 0.15) is 0 Å². The fraction of sp³-hybridized carbons (Fsp3) is 0.0769. The van der Waals surface area contributed by atoms with Crippen molar-refractivity contribution in [1.29, 1.82) is 0 Å². The monoisotopic (exact) mass is 307 g/mol. The number of nitrogens with one attached hydrogen (secondary N) is 1. The lowest BCUT2D eigenvalue weighted by Crippen LogP contribution is -2.14. The van der Waals surface area contributed by atoms with E-state index in [9.17, 15) is 18.5 Å². The van der Waals surface area contributed by atoms with Crippen LogP contribution in [0.4, 0.5) is 17.1 Å². The number of nitro benzene ring substituents is 1. The van der Waals surface area contributed by atoms with Crippen molar-refractivity contribution in [2.45, 2.75) is 11.8 Å². The molecule has 0 aliphatic heterocycles. The average molecular weight is 307 g/mol. The maximum absolute atomic E-state index is 12.3. The zero-order valence-electron chi connectivity index (χ0n) is 11.1. The first-order chi connectivity index (χ1) is 9.79. The van der Waals surface area contributed by atoms with Gasteiger partial charge >= 0.3 is 0 Å². The van der Waals surface area contributed by atoms with Crippen molar-refractivity contribution in [3.63, 3.8) is 0 Å². The van der Waals surface area contributed by atoms with Gasteiger partial charge in [0.25, 0.3) is 15.7 Å². The molecule has 2 aromatic carbocycles. The number of nitrogens with zero attached hydrogens (tertiary/aromatic N) is 1. The summed E-state index contributed by atoms with van der Waals surface area (Å²) < 4.78 is 27.0.